The molecule has 0 saturated heterocycles. The van der Waals surface area contributed by atoms with Crippen LogP contribution in [-0.2, 0) is 18.0 Å². The summed E-state index contributed by atoms with van der Waals surface area (Å²) in [6, 6.07) is 9.52. The van der Waals surface area contributed by atoms with Gasteiger partial charge in [-0.05, 0) is 43.3 Å². The molecule has 0 aliphatic rings. The van der Waals surface area contributed by atoms with E-state index in [1.54, 1.807) is 12.3 Å². The lowest BCUT2D eigenvalue weighted by atomic mass is 10.2. The van der Waals surface area contributed by atoms with Gasteiger partial charge in [-0.25, -0.2) is 14.2 Å². The first-order valence-electron chi connectivity index (χ1n) is 8.86. The molecular formula is C20H17FN2O6S. The predicted octanol–water partition coefficient (Wildman–Crippen LogP) is 4.53. The number of carbonyl (C=O) groups excluding carboxylic acids is 1. The number of esters is 1. The molecular weight excluding hydrogens is 415 g/mol. The first-order valence-corrected chi connectivity index (χ1v) is 9.74. The normalized spacial score (nSPS) is 10.5. The van der Waals surface area contributed by atoms with Crippen molar-refractivity contribution in [3.8, 4) is 11.5 Å². The Morgan fingerprint density at radius 3 is 2.63 bits per heavy atom. The number of nitro groups is 1. The van der Waals surface area contributed by atoms with Crippen LogP contribution in [0.15, 0.2) is 47.8 Å². The Hall–Kier alpha value is -3.53. The summed E-state index contributed by atoms with van der Waals surface area (Å²) in [5.41, 5.74) is 0.256. The number of rotatable bonds is 9. The van der Waals surface area contributed by atoms with Gasteiger partial charge < -0.3 is 14.2 Å². The standard InChI is InChI=1S/C20H17FN2O6S/c1-2-27-18-8-3-13(9-17(18)23(25)26)20(24)29-10-15-12-30-19(22-15)11-28-16-6-4-14(21)5-7-16/h3-9,12H,2,10-11H2,1H3. The van der Waals surface area contributed by atoms with Crippen LogP contribution < -0.4 is 9.47 Å². The summed E-state index contributed by atoms with van der Waals surface area (Å²) in [6.45, 7) is 2.07. The summed E-state index contributed by atoms with van der Waals surface area (Å²) in [7, 11) is 0. The van der Waals surface area contributed by atoms with Crippen LogP contribution in [0.2, 0.25) is 0 Å². The molecule has 2 aromatic carbocycles. The number of thiazole rings is 1. The lowest BCUT2D eigenvalue weighted by Crippen LogP contribution is -2.07. The molecule has 10 heteroatoms. The third-order valence-electron chi connectivity index (χ3n) is 3.82. The second kappa shape index (κ2) is 9.79. The quantitative estimate of drug-likeness (QED) is 0.278. The average Bonchev–Trinajstić information content (AvgIpc) is 3.20. The number of nitrogens with zero attached hydrogens (tertiary/aromatic N) is 2. The molecule has 3 aromatic rings. The number of nitro benzene ring substituents is 1. The Kier molecular flexibility index (Phi) is 6.91. The molecule has 30 heavy (non-hydrogen) atoms. The minimum atomic E-state index is -0.710. The maximum atomic E-state index is 12.9. The van der Waals surface area contributed by atoms with E-state index in [-0.39, 0.29) is 42.6 Å². The molecule has 0 saturated carbocycles. The Morgan fingerprint density at radius 1 is 1.17 bits per heavy atom. The van der Waals surface area contributed by atoms with Crippen molar-refractivity contribution in [2.24, 2.45) is 0 Å². The molecule has 1 aromatic heterocycles. The molecule has 0 fully saturated rings. The topological polar surface area (TPSA) is 101 Å². The first-order chi connectivity index (χ1) is 14.5. The van der Waals surface area contributed by atoms with Gasteiger partial charge in [0.1, 0.15) is 29.8 Å². The van der Waals surface area contributed by atoms with Crippen molar-refractivity contribution in [2.75, 3.05) is 6.61 Å². The van der Waals surface area contributed by atoms with Gasteiger partial charge in [0.25, 0.3) is 0 Å². The zero-order chi connectivity index (χ0) is 21.5. The van der Waals surface area contributed by atoms with Gasteiger partial charge >= 0.3 is 11.7 Å². The number of halogens is 1. The minimum absolute atomic E-state index is 0.0419. The van der Waals surface area contributed by atoms with Crippen LogP contribution in [0.4, 0.5) is 10.1 Å². The third-order valence-corrected chi connectivity index (χ3v) is 4.69. The summed E-state index contributed by atoms with van der Waals surface area (Å²) >= 11 is 1.33. The van der Waals surface area contributed by atoms with Crippen LogP contribution in [0.1, 0.15) is 28.0 Å². The van der Waals surface area contributed by atoms with Crippen LogP contribution in [0.3, 0.4) is 0 Å². The van der Waals surface area contributed by atoms with Gasteiger partial charge in [0.15, 0.2) is 5.75 Å². The summed E-state index contributed by atoms with van der Waals surface area (Å²) in [5.74, 6) is -0.460. The molecule has 0 unspecified atom stereocenters. The molecule has 0 spiro atoms. The number of benzene rings is 2. The first kappa shape index (κ1) is 21.2. The highest BCUT2D eigenvalue weighted by Crippen LogP contribution is 2.28. The molecule has 156 valence electrons. The van der Waals surface area contributed by atoms with E-state index in [1.165, 1.54) is 47.7 Å². The summed E-state index contributed by atoms with van der Waals surface area (Å²) in [6.07, 6.45) is 0. The fourth-order valence-electron chi connectivity index (χ4n) is 2.44. The Balaban J connectivity index is 1.56. The maximum Gasteiger partial charge on any atom is 0.338 e. The van der Waals surface area contributed by atoms with E-state index in [0.29, 0.717) is 16.5 Å². The highest BCUT2D eigenvalue weighted by Gasteiger charge is 2.19. The maximum absolute atomic E-state index is 12.9. The molecule has 0 bridgehead atoms. The van der Waals surface area contributed by atoms with Gasteiger partial charge in [0, 0.05) is 11.4 Å². The van der Waals surface area contributed by atoms with E-state index in [2.05, 4.69) is 4.98 Å². The monoisotopic (exact) mass is 432 g/mol. The second-order valence-electron chi connectivity index (χ2n) is 5.92. The van der Waals surface area contributed by atoms with Crippen molar-refractivity contribution in [1.29, 1.82) is 0 Å². The van der Waals surface area contributed by atoms with E-state index in [0.717, 1.165) is 6.07 Å². The van der Waals surface area contributed by atoms with Crippen molar-refractivity contribution < 1.29 is 28.3 Å². The fourth-order valence-corrected chi connectivity index (χ4v) is 3.13. The van der Waals surface area contributed by atoms with Crippen LogP contribution in [-0.4, -0.2) is 22.5 Å². The van der Waals surface area contributed by atoms with Crippen LogP contribution >= 0.6 is 11.3 Å². The van der Waals surface area contributed by atoms with Gasteiger partial charge in [-0.3, -0.25) is 10.1 Å². The smallest absolute Gasteiger partial charge is 0.338 e. The third kappa shape index (κ3) is 5.51. The average molecular weight is 432 g/mol. The SMILES string of the molecule is CCOc1ccc(C(=O)OCc2csc(COc3ccc(F)cc3)n2)cc1[N+](=O)[O-]. The highest BCUT2D eigenvalue weighted by molar-refractivity contribution is 7.09. The van der Waals surface area contributed by atoms with Gasteiger partial charge in [0.2, 0.25) is 0 Å². The van der Waals surface area contributed by atoms with E-state index in [9.17, 15) is 19.3 Å². The highest BCUT2D eigenvalue weighted by atomic mass is 32.1. The van der Waals surface area contributed by atoms with Gasteiger partial charge in [-0.2, -0.15) is 0 Å². The molecule has 0 aliphatic carbocycles. The lowest BCUT2D eigenvalue weighted by Gasteiger charge is -2.06. The largest absolute Gasteiger partial charge is 0.487 e. The Morgan fingerprint density at radius 2 is 1.93 bits per heavy atom. The van der Waals surface area contributed by atoms with Crippen molar-refractivity contribution in [3.05, 3.63) is 80.0 Å². The second-order valence-corrected chi connectivity index (χ2v) is 6.87. The minimum Gasteiger partial charge on any atom is -0.487 e. The summed E-state index contributed by atoms with van der Waals surface area (Å²) in [4.78, 5) is 27.1. The van der Waals surface area contributed by atoms with Crippen molar-refractivity contribution in [2.45, 2.75) is 20.1 Å². The van der Waals surface area contributed by atoms with Gasteiger partial charge in [-0.1, -0.05) is 0 Å². The van der Waals surface area contributed by atoms with Crippen LogP contribution in [0.25, 0.3) is 0 Å². The molecule has 0 radical (unpaired) electrons. The molecule has 8 nitrogen and oxygen atoms in total. The summed E-state index contributed by atoms with van der Waals surface area (Å²) < 4.78 is 28.8. The van der Waals surface area contributed by atoms with Crippen LogP contribution in [0.5, 0.6) is 11.5 Å². The van der Waals surface area contributed by atoms with Crippen molar-refractivity contribution in [1.82, 2.24) is 4.98 Å². The fraction of sp³-hybridized carbons (Fsp3) is 0.200. The number of aromatic nitrogens is 1. The zero-order valence-corrected chi connectivity index (χ0v) is 16.7. The molecule has 1 heterocycles. The number of carbonyl (C=O) groups is 1. The van der Waals surface area contributed by atoms with E-state index >= 15 is 0 Å². The van der Waals surface area contributed by atoms with E-state index in [1.807, 2.05) is 0 Å². The number of hydrogen-bond donors (Lipinski definition) is 0. The Bertz CT molecular complexity index is 1040. The van der Waals surface area contributed by atoms with Gasteiger partial charge in [-0.15, -0.1) is 11.3 Å². The van der Waals surface area contributed by atoms with E-state index in [4.69, 9.17) is 14.2 Å². The number of ether oxygens (including phenoxy) is 3. The lowest BCUT2D eigenvalue weighted by molar-refractivity contribution is -0.385. The molecule has 0 atom stereocenters. The molecule has 0 aliphatic heterocycles. The predicted molar refractivity (Wildman–Crippen MR) is 106 cm³/mol. The molecule has 0 amide bonds. The van der Waals surface area contributed by atoms with Crippen molar-refractivity contribution in [3.63, 3.8) is 0 Å². The molecule has 0 N–H and O–H groups in total. The zero-order valence-electron chi connectivity index (χ0n) is 15.9. The van der Waals surface area contributed by atoms with Crippen LogP contribution in [0, 0.1) is 15.9 Å². The summed E-state index contributed by atoms with van der Waals surface area (Å²) in [5, 5.41) is 13.5. The number of hydrogen-bond acceptors (Lipinski definition) is 8. The van der Waals surface area contributed by atoms with Crippen molar-refractivity contribution >= 4 is 23.0 Å². The molecule has 3 rings (SSSR count). The Labute approximate surface area is 175 Å². The van der Waals surface area contributed by atoms with Gasteiger partial charge in [0.05, 0.1) is 22.8 Å². The van der Waals surface area contributed by atoms with E-state index < -0.39 is 10.9 Å².